The molecule has 1 aliphatic rings. The Labute approximate surface area is 92.8 Å². The number of hydrogen-bond donors (Lipinski definition) is 1. The van der Waals surface area contributed by atoms with Gasteiger partial charge in [-0.05, 0) is 18.4 Å². The average Bonchev–Trinajstić information content (AvgIpc) is 3.09. The highest BCUT2D eigenvalue weighted by molar-refractivity contribution is 5.17. The summed E-state index contributed by atoms with van der Waals surface area (Å²) in [5.74, 6) is 0.246. The zero-order valence-corrected chi connectivity index (χ0v) is 8.83. The fraction of sp³-hybridized carbons (Fsp3) is 0.545. The van der Waals surface area contributed by atoms with Crippen molar-refractivity contribution >= 4 is 0 Å². The van der Waals surface area contributed by atoms with Gasteiger partial charge >= 0.3 is 0 Å². The van der Waals surface area contributed by atoms with Crippen LogP contribution in [0.25, 0.3) is 0 Å². The maximum absolute atomic E-state index is 11.9. The largest absolute Gasteiger partial charge is 0.472 e. The fourth-order valence-electron chi connectivity index (χ4n) is 1.30. The van der Waals surface area contributed by atoms with Gasteiger partial charge < -0.3 is 10.1 Å². The molecule has 0 atom stereocenters. The summed E-state index contributed by atoms with van der Waals surface area (Å²) in [6.45, 7) is 0.166. The summed E-state index contributed by atoms with van der Waals surface area (Å²) >= 11 is 0. The normalized spacial score (nSPS) is 15.4. The first-order chi connectivity index (χ1) is 7.74. The molecule has 0 unspecified atom stereocenters. The molecule has 88 valence electrons. The molecule has 0 aromatic carbocycles. The molecule has 1 heterocycles. The quantitative estimate of drug-likeness (QED) is 0.808. The van der Waals surface area contributed by atoms with E-state index in [0.717, 1.165) is 12.1 Å². The number of nitrogens with one attached hydrogen (secondary N) is 1. The summed E-state index contributed by atoms with van der Waals surface area (Å²) in [5.41, 5.74) is 1.04. The molecule has 0 aliphatic heterocycles. The van der Waals surface area contributed by atoms with Gasteiger partial charge in [0.2, 0.25) is 5.88 Å². The number of halogens is 2. The lowest BCUT2D eigenvalue weighted by Crippen LogP contribution is -2.15. The first-order valence-corrected chi connectivity index (χ1v) is 5.33. The van der Waals surface area contributed by atoms with Crippen molar-refractivity contribution in [2.75, 3.05) is 6.61 Å². The number of rotatable bonds is 6. The van der Waals surface area contributed by atoms with Crippen molar-refractivity contribution in [3.8, 4) is 5.88 Å². The van der Waals surface area contributed by atoms with Gasteiger partial charge in [0.15, 0.2) is 6.61 Å². The van der Waals surface area contributed by atoms with E-state index in [1.165, 1.54) is 12.8 Å². The van der Waals surface area contributed by atoms with E-state index in [-0.39, 0.29) is 5.88 Å². The second-order valence-corrected chi connectivity index (χ2v) is 3.86. The Bertz CT molecular complexity index is 300. The van der Waals surface area contributed by atoms with Crippen LogP contribution in [0, 0.1) is 0 Å². The molecule has 1 fully saturated rings. The number of hydrogen-bond acceptors (Lipinski definition) is 3. The Hall–Kier alpha value is -1.23. The van der Waals surface area contributed by atoms with Gasteiger partial charge in [-0.25, -0.2) is 13.8 Å². The minimum absolute atomic E-state index is 0.246. The van der Waals surface area contributed by atoms with E-state index in [1.807, 2.05) is 6.07 Å². The van der Waals surface area contributed by atoms with Crippen LogP contribution >= 0.6 is 0 Å². The number of pyridine rings is 1. The maximum Gasteiger partial charge on any atom is 0.272 e. The molecule has 0 spiro atoms. The molecule has 2 rings (SSSR count). The van der Waals surface area contributed by atoms with Gasteiger partial charge in [-0.15, -0.1) is 0 Å². The van der Waals surface area contributed by atoms with E-state index < -0.39 is 13.0 Å². The minimum atomic E-state index is -2.46. The highest BCUT2D eigenvalue weighted by Gasteiger charge is 2.19. The number of alkyl halides is 2. The third-order valence-electron chi connectivity index (χ3n) is 2.33. The zero-order valence-electron chi connectivity index (χ0n) is 8.83. The molecule has 0 saturated heterocycles. The summed E-state index contributed by atoms with van der Waals surface area (Å²) in [5, 5.41) is 3.34. The second-order valence-electron chi connectivity index (χ2n) is 3.86. The third-order valence-corrected chi connectivity index (χ3v) is 2.33. The van der Waals surface area contributed by atoms with Crippen molar-refractivity contribution in [3.05, 3.63) is 23.9 Å². The van der Waals surface area contributed by atoms with Crippen molar-refractivity contribution in [1.29, 1.82) is 0 Å². The molecule has 0 radical (unpaired) electrons. The zero-order chi connectivity index (χ0) is 11.4. The molecule has 0 amide bonds. The predicted octanol–water partition coefficient (Wildman–Crippen LogP) is 1.98. The van der Waals surface area contributed by atoms with Crippen LogP contribution in [0.4, 0.5) is 8.78 Å². The summed E-state index contributed by atoms with van der Waals surface area (Å²) in [4.78, 5) is 3.95. The second kappa shape index (κ2) is 5.21. The van der Waals surface area contributed by atoms with E-state index in [9.17, 15) is 8.78 Å². The molecule has 1 aliphatic carbocycles. The molecule has 3 nitrogen and oxygen atoms in total. The molecular weight excluding hydrogens is 214 g/mol. The Morgan fingerprint density at radius 3 is 2.81 bits per heavy atom. The topological polar surface area (TPSA) is 34.1 Å². The monoisotopic (exact) mass is 228 g/mol. The van der Waals surface area contributed by atoms with Gasteiger partial charge in [0.1, 0.15) is 0 Å². The Morgan fingerprint density at radius 2 is 2.25 bits per heavy atom. The predicted molar refractivity (Wildman–Crippen MR) is 55.6 cm³/mol. The lowest BCUT2D eigenvalue weighted by atomic mass is 10.3. The van der Waals surface area contributed by atoms with Gasteiger partial charge in [0.05, 0.1) is 0 Å². The van der Waals surface area contributed by atoms with Crippen LogP contribution < -0.4 is 10.1 Å². The number of ether oxygens (including phenoxy) is 1. The third kappa shape index (κ3) is 3.73. The first-order valence-electron chi connectivity index (χ1n) is 5.33. The van der Waals surface area contributed by atoms with Crippen molar-refractivity contribution < 1.29 is 13.5 Å². The number of aromatic nitrogens is 1. The molecular formula is C11H14F2N2O. The molecule has 1 saturated carbocycles. The van der Waals surface area contributed by atoms with Crippen LogP contribution in [0.3, 0.4) is 0 Å². The smallest absolute Gasteiger partial charge is 0.272 e. The summed E-state index contributed by atoms with van der Waals surface area (Å²) in [6.07, 6.45) is 1.67. The van der Waals surface area contributed by atoms with Gasteiger partial charge in [-0.1, -0.05) is 6.07 Å². The molecule has 1 N–H and O–H groups in total. The first kappa shape index (κ1) is 11.3. The highest BCUT2D eigenvalue weighted by Crippen LogP contribution is 2.19. The summed E-state index contributed by atoms with van der Waals surface area (Å²) in [7, 11) is 0. The summed E-state index contributed by atoms with van der Waals surface area (Å²) < 4.78 is 28.5. The Morgan fingerprint density at radius 1 is 1.44 bits per heavy atom. The standard InChI is InChI=1S/C11H14F2N2O/c12-10(13)7-16-11-4-1-8(6-15-11)5-14-9-2-3-9/h1,4,6,9-10,14H,2-3,5,7H2. The minimum Gasteiger partial charge on any atom is -0.472 e. The van der Waals surface area contributed by atoms with Crippen molar-refractivity contribution in [1.82, 2.24) is 10.3 Å². The molecule has 1 aromatic heterocycles. The Kier molecular flexibility index (Phi) is 3.66. The van der Waals surface area contributed by atoms with Crippen LogP contribution in [0.15, 0.2) is 18.3 Å². The van der Waals surface area contributed by atoms with Crippen molar-refractivity contribution in [2.24, 2.45) is 0 Å². The van der Waals surface area contributed by atoms with Gasteiger partial charge in [0, 0.05) is 24.8 Å². The average molecular weight is 228 g/mol. The molecule has 1 aromatic rings. The molecule has 5 heteroatoms. The Balaban J connectivity index is 1.78. The fourth-order valence-corrected chi connectivity index (χ4v) is 1.30. The summed E-state index contributed by atoms with van der Waals surface area (Å²) in [6, 6.07) is 4.10. The van der Waals surface area contributed by atoms with E-state index >= 15 is 0 Å². The van der Waals surface area contributed by atoms with E-state index in [1.54, 1.807) is 12.3 Å². The number of nitrogens with zero attached hydrogens (tertiary/aromatic N) is 1. The van der Waals surface area contributed by atoms with Crippen molar-refractivity contribution in [2.45, 2.75) is 31.9 Å². The van der Waals surface area contributed by atoms with Crippen LogP contribution in [0.1, 0.15) is 18.4 Å². The lowest BCUT2D eigenvalue weighted by molar-refractivity contribution is 0.0796. The SMILES string of the molecule is FC(F)COc1ccc(CNC2CC2)cn1. The highest BCUT2D eigenvalue weighted by atomic mass is 19.3. The maximum atomic E-state index is 11.9. The van der Waals surface area contributed by atoms with Gasteiger partial charge in [-0.2, -0.15) is 0 Å². The van der Waals surface area contributed by atoms with E-state index in [0.29, 0.717) is 6.04 Å². The van der Waals surface area contributed by atoms with E-state index in [2.05, 4.69) is 10.3 Å². The van der Waals surface area contributed by atoms with Gasteiger partial charge in [-0.3, -0.25) is 0 Å². The van der Waals surface area contributed by atoms with Crippen LogP contribution in [-0.2, 0) is 6.54 Å². The lowest BCUT2D eigenvalue weighted by Gasteiger charge is -2.06. The van der Waals surface area contributed by atoms with E-state index in [4.69, 9.17) is 4.74 Å². The molecule has 0 bridgehead atoms. The molecule has 16 heavy (non-hydrogen) atoms. The van der Waals surface area contributed by atoms with Crippen LogP contribution in [-0.4, -0.2) is 24.1 Å². The van der Waals surface area contributed by atoms with Crippen molar-refractivity contribution in [3.63, 3.8) is 0 Å². The van der Waals surface area contributed by atoms with Crippen LogP contribution in [0.5, 0.6) is 5.88 Å². The van der Waals surface area contributed by atoms with Gasteiger partial charge in [0.25, 0.3) is 6.43 Å². The van der Waals surface area contributed by atoms with Crippen LogP contribution in [0.2, 0.25) is 0 Å².